The number of phenolic OH excluding ortho intramolecular Hbond substituents is 6. The Balaban J connectivity index is 0.000000443. The van der Waals surface area contributed by atoms with Gasteiger partial charge in [0.1, 0.15) is 0 Å². The smallest absolute Gasteiger partial charge is 0.737 e. The topological polar surface area (TPSA) is 156 Å². The van der Waals surface area contributed by atoms with Crippen LogP contribution in [0, 0.1) is 0 Å². The Morgan fingerprint density at radius 3 is 0.960 bits per heavy atom. The number of phenols is 6. The Hall–Kier alpha value is -2.06. The fourth-order valence-corrected chi connectivity index (χ4v) is 1.68. The van der Waals surface area contributed by atoms with Crippen LogP contribution in [0.3, 0.4) is 0 Å². The maximum atomic E-state index is 10.6. The van der Waals surface area contributed by atoms with E-state index in [2.05, 4.69) is 25.3 Å². The summed E-state index contributed by atoms with van der Waals surface area (Å²) < 4.78 is 0. The summed E-state index contributed by atoms with van der Waals surface area (Å²) >= 11 is 8.53. The number of hydrogen-bond acceptors (Lipinski definition) is 10. The fraction of sp³-hybridized carbons (Fsp3) is 0. The van der Waals surface area contributed by atoms with Gasteiger partial charge in [-0.1, -0.05) is 0 Å². The van der Waals surface area contributed by atoms with Crippen molar-refractivity contribution in [1.29, 1.82) is 0 Å². The first-order valence-corrected chi connectivity index (χ1v) is 6.78. The predicted octanol–water partition coefficient (Wildman–Crippen LogP) is 0.600. The molecule has 2 aromatic rings. The van der Waals surface area contributed by atoms with Crippen molar-refractivity contribution in [1.82, 2.24) is 0 Å². The third kappa shape index (κ3) is 6.06. The quantitative estimate of drug-likeness (QED) is 0.170. The van der Waals surface area contributed by atoms with Crippen LogP contribution in [0.1, 0.15) is 20.7 Å². The van der Waals surface area contributed by atoms with E-state index >= 15 is 0 Å². The Kier molecular flexibility index (Phi) is 8.66. The van der Waals surface area contributed by atoms with Crippen LogP contribution in [0.5, 0.6) is 34.5 Å². The van der Waals surface area contributed by atoms with Crippen molar-refractivity contribution in [2.45, 2.75) is 0 Å². The van der Waals surface area contributed by atoms with E-state index in [4.69, 9.17) is 30.6 Å². The molecule has 25 heavy (non-hydrogen) atoms. The first-order chi connectivity index (χ1) is 11.0. The first kappa shape index (κ1) is 22.9. The predicted molar refractivity (Wildman–Crippen MR) is 92.0 cm³/mol. The number of aromatic hydroxyl groups is 6. The van der Waals surface area contributed by atoms with Gasteiger partial charge in [-0.2, -0.15) is 0 Å². The van der Waals surface area contributed by atoms with Crippen LogP contribution in [-0.2, 0) is 25.3 Å². The maximum absolute atomic E-state index is 10.6. The molecule has 11 heteroatoms. The second kappa shape index (κ2) is 9.43. The normalized spacial score (nSPS) is 9.28. The molecule has 2 aromatic carbocycles. The number of benzene rings is 2. The van der Waals surface area contributed by atoms with Crippen molar-refractivity contribution in [3.05, 3.63) is 35.4 Å². The van der Waals surface area contributed by atoms with Gasteiger partial charge in [0.25, 0.3) is 0 Å². The Bertz CT molecular complexity index is 696. The van der Waals surface area contributed by atoms with Gasteiger partial charge < -0.3 is 65.5 Å². The second-order valence-corrected chi connectivity index (χ2v) is 5.04. The molecule has 8 nitrogen and oxygen atoms in total. The standard InChI is InChI=1S/2C7H6O4S.Pb/c2*8-4-1-3(7(11)12)2-5(9)6(4)10;/h2*1-2,8-10H,(H,11,12);/q;;+2/p-2. The SMILES string of the molecule is O=C([S-])c1cc(O)c(O)c(O)c1.O=C([S-])c1cc(O)c(O)c(O)c1.[Pb+2]. The molecule has 0 saturated heterocycles. The van der Waals surface area contributed by atoms with Crippen LogP contribution < -0.4 is 0 Å². The Labute approximate surface area is 172 Å². The molecule has 0 bridgehead atoms. The summed E-state index contributed by atoms with van der Waals surface area (Å²) in [4.78, 5) is 21.1. The van der Waals surface area contributed by atoms with Crippen LogP contribution >= 0.6 is 0 Å². The molecule has 0 aromatic heterocycles. The third-order valence-electron chi connectivity index (χ3n) is 2.61. The second-order valence-electron chi connectivity index (χ2n) is 4.30. The van der Waals surface area contributed by atoms with E-state index in [1.807, 2.05) is 0 Å². The zero-order valence-corrected chi connectivity index (χ0v) is 17.6. The molecule has 0 aliphatic heterocycles. The molecule has 130 valence electrons. The van der Waals surface area contributed by atoms with Crippen molar-refractivity contribution >= 4 is 62.8 Å². The minimum atomic E-state index is -0.708. The van der Waals surface area contributed by atoms with Crippen molar-refractivity contribution < 1.29 is 40.2 Å². The van der Waals surface area contributed by atoms with Crippen LogP contribution in [0.25, 0.3) is 0 Å². The minimum Gasteiger partial charge on any atom is -0.737 e. The molecule has 0 amide bonds. The molecule has 2 rings (SSSR count). The summed E-state index contributed by atoms with van der Waals surface area (Å²) in [5, 5.41) is 52.0. The van der Waals surface area contributed by atoms with E-state index in [1.54, 1.807) is 0 Å². The summed E-state index contributed by atoms with van der Waals surface area (Å²) in [5.74, 6) is -3.58. The van der Waals surface area contributed by atoms with Crippen molar-refractivity contribution in [2.75, 3.05) is 0 Å². The molecule has 0 aliphatic rings. The molecule has 0 aliphatic carbocycles. The van der Waals surface area contributed by atoms with E-state index in [0.29, 0.717) is 0 Å². The van der Waals surface area contributed by atoms with Gasteiger partial charge in [0.2, 0.25) is 0 Å². The number of hydrogen-bond donors (Lipinski definition) is 6. The van der Waals surface area contributed by atoms with E-state index < -0.39 is 44.7 Å². The molecular weight excluding hydrogens is 567 g/mol. The van der Waals surface area contributed by atoms with Crippen molar-refractivity contribution in [3.8, 4) is 34.5 Å². The number of rotatable bonds is 2. The van der Waals surface area contributed by atoms with Crippen molar-refractivity contribution in [3.63, 3.8) is 0 Å². The van der Waals surface area contributed by atoms with Gasteiger partial charge in [0.05, 0.1) is 0 Å². The van der Waals surface area contributed by atoms with E-state index in [-0.39, 0.29) is 38.4 Å². The van der Waals surface area contributed by atoms with Gasteiger partial charge in [-0.15, -0.1) is 0 Å². The van der Waals surface area contributed by atoms with E-state index in [9.17, 15) is 9.59 Å². The summed E-state index contributed by atoms with van der Waals surface area (Å²) in [5.41, 5.74) is -0.0596. The molecule has 0 saturated carbocycles. The van der Waals surface area contributed by atoms with Gasteiger partial charge >= 0.3 is 27.3 Å². The third-order valence-corrected chi connectivity index (χ3v) is 3.08. The van der Waals surface area contributed by atoms with Gasteiger partial charge in [0, 0.05) is 21.4 Å². The minimum absolute atomic E-state index is 0. The van der Waals surface area contributed by atoms with Crippen LogP contribution in [0.4, 0.5) is 0 Å². The summed E-state index contributed by atoms with van der Waals surface area (Å²) in [6, 6.07) is 3.96. The summed E-state index contributed by atoms with van der Waals surface area (Å²) in [6.45, 7) is 0. The number of carbonyl (C=O) groups excluding carboxylic acids is 2. The zero-order chi connectivity index (χ0) is 18.6. The molecule has 2 radical (unpaired) electrons. The summed E-state index contributed by atoms with van der Waals surface area (Å²) in [6.07, 6.45) is 0. The van der Waals surface area contributed by atoms with Gasteiger partial charge in [-0.05, 0) is 24.3 Å². The monoisotopic (exact) mass is 578 g/mol. The largest absolute Gasteiger partial charge is 2.00 e. The molecular formula is C14H10O8PbS2. The van der Waals surface area contributed by atoms with Gasteiger partial charge in [0.15, 0.2) is 34.5 Å². The molecule has 0 unspecified atom stereocenters. The molecule has 0 fully saturated rings. The van der Waals surface area contributed by atoms with Gasteiger partial charge in [-0.3, -0.25) is 0 Å². The molecule has 0 spiro atoms. The zero-order valence-electron chi connectivity index (χ0n) is 12.1. The first-order valence-electron chi connectivity index (χ1n) is 5.97. The summed E-state index contributed by atoms with van der Waals surface area (Å²) in [7, 11) is 0. The van der Waals surface area contributed by atoms with Crippen LogP contribution in [-0.4, -0.2) is 68.2 Å². The van der Waals surface area contributed by atoms with E-state index in [1.165, 1.54) is 0 Å². The maximum Gasteiger partial charge on any atom is 2.00 e. The average molecular weight is 578 g/mol. The van der Waals surface area contributed by atoms with Gasteiger partial charge in [-0.25, -0.2) is 0 Å². The molecule has 0 heterocycles. The molecule has 0 atom stereocenters. The van der Waals surface area contributed by atoms with Crippen LogP contribution in [0.15, 0.2) is 24.3 Å². The Morgan fingerprint density at radius 1 is 0.600 bits per heavy atom. The molecule has 6 N–H and O–H groups in total. The van der Waals surface area contributed by atoms with E-state index in [0.717, 1.165) is 24.3 Å². The fourth-order valence-electron chi connectivity index (χ4n) is 1.44. The van der Waals surface area contributed by atoms with Crippen LogP contribution in [0.2, 0.25) is 0 Å². The Morgan fingerprint density at radius 2 is 0.800 bits per heavy atom. The van der Waals surface area contributed by atoms with Crippen molar-refractivity contribution in [2.24, 2.45) is 0 Å². The number of carbonyl (C=O) groups is 2. The average Bonchev–Trinajstić information content (AvgIpc) is 2.49.